The van der Waals surface area contributed by atoms with E-state index in [4.69, 9.17) is 4.74 Å². The lowest BCUT2D eigenvalue weighted by Crippen LogP contribution is -2.61. The van der Waals surface area contributed by atoms with Crippen molar-refractivity contribution >= 4 is 0 Å². The number of piperidine rings is 1. The predicted octanol–water partition coefficient (Wildman–Crippen LogP) is 2.03. The van der Waals surface area contributed by atoms with Crippen LogP contribution in [0.3, 0.4) is 0 Å². The quantitative estimate of drug-likeness (QED) is 0.884. The number of nitrogens with zero attached hydrogens (tertiary/aromatic N) is 1. The van der Waals surface area contributed by atoms with Gasteiger partial charge in [0.15, 0.2) is 0 Å². The molecular weight excluding hydrogens is 243 g/mol. The second-order valence-corrected chi connectivity index (χ2v) is 5.58. The average molecular weight is 264 g/mol. The highest BCUT2D eigenvalue weighted by Gasteiger charge is 2.34. The first-order valence-corrected chi connectivity index (χ1v) is 7.12. The molecule has 2 aliphatic rings. The monoisotopic (exact) mass is 264 g/mol. The van der Waals surface area contributed by atoms with E-state index in [1.54, 1.807) is 12.1 Å². The lowest BCUT2D eigenvalue weighted by atomic mass is 9.93. The lowest BCUT2D eigenvalue weighted by Gasteiger charge is -2.45. The van der Waals surface area contributed by atoms with Crippen molar-refractivity contribution < 1.29 is 9.13 Å². The topological polar surface area (TPSA) is 24.5 Å². The Kier molecular flexibility index (Phi) is 3.71. The van der Waals surface area contributed by atoms with Crippen LogP contribution < -0.4 is 10.1 Å². The zero-order chi connectivity index (χ0) is 13.2. The van der Waals surface area contributed by atoms with Crippen LogP contribution in [-0.2, 0) is 0 Å². The predicted molar refractivity (Wildman–Crippen MR) is 72.9 cm³/mol. The molecule has 0 saturated carbocycles. The van der Waals surface area contributed by atoms with Gasteiger partial charge in [0, 0.05) is 31.7 Å². The van der Waals surface area contributed by atoms with E-state index in [0.29, 0.717) is 12.1 Å². The molecule has 19 heavy (non-hydrogen) atoms. The van der Waals surface area contributed by atoms with Gasteiger partial charge in [0.25, 0.3) is 0 Å². The van der Waals surface area contributed by atoms with E-state index < -0.39 is 0 Å². The van der Waals surface area contributed by atoms with Gasteiger partial charge in [0.05, 0.1) is 0 Å². The number of fused-ring (bicyclic) bond motifs is 1. The minimum Gasteiger partial charge on any atom is -0.489 e. The summed E-state index contributed by atoms with van der Waals surface area (Å²) in [6.45, 7) is 5.39. The molecule has 2 heterocycles. The van der Waals surface area contributed by atoms with Crippen molar-refractivity contribution in [2.24, 2.45) is 0 Å². The Labute approximate surface area is 113 Å². The maximum absolute atomic E-state index is 12.9. The second-order valence-electron chi connectivity index (χ2n) is 5.58. The van der Waals surface area contributed by atoms with Crippen LogP contribution in [-0.4, -0.2) is 42.7 Å². The molecule has 3 nitrogen and oxygen atoms in total. The molecule has 0 aliphatic carbocycles. The summed E-state index contributed by atoms with van der Waals surface area (Å²) >= 11 is 0. The molecule has 0 amide bonds. The van der Waals surface area contributed by atoms with Crippen LogP contribution >= 0.6 is 0 Å². The Bertz CT molecular complexity index is 423. The van der Waals surface area contributed by atoms with Gasteiger partial charge in [-0.15, -0.1) is 0 Å². The third kappa shape index (κ3) is 2.90. The standard InChI is InChI=1S/C15H21FN2O/c1-11-15-7-6-14(10-18(15)9-8-17-11)19-13-4-2-12(16)3-5-13/h2-5,11,14-15,17H,6-10H2,1H3/t11?,14-,15+/m1/s1. The highest BCUT2D eigenvalue weighted by molar-refractivity contribution is 5.22. The smallest absolute Gasteiger partial charge is 0.123 e. The first-order valence-electron chi connectivity index (χ1n) is 7.12. The SMILES string of the molecule is CC1NCCN2C[C@H](Oc3ccc(F)cc3)CC[C@@H]12. The van der Waals surface area contributed by atoms with Gasteiger partial charge in [0.2, 0.25) is 0 Å². The minimum atomic E-state index is -0.216. The number of rotatable bonds is 2. The Morgan fingerprint density at radius 2 is 2.05 bits per heavy atom. The van der Waals surface area contributed by atoms with E-state index in [-0.39, 0.29) is 11.9 Å². The molecule has 1 N–H and O–H groups in total. The number of benzene rings is 1. The fourth-order valence-electron chi connectivity index (χ4n) is 3.22. The summed E-state index contributed by atoms with van der Waals surface area (Å²) in [4.78, 5) is 2.53. The van der Waals surface area contributed by atoms with Crippen LogP contribution in [0.5, 0.6) is 5.75 Å². The van der Waals surface area contributed by atoms with E-state index in [2.05, 4.69) is 17.1 Å². The molecule has 0 aromatic heterocycles. The summed E-state index contributed by atoms with van der Waals surface area (Å²) in [5.41, 5.74) is 0. The van der Waals surface area contributed by atoms with Crippen LogP contribution in [0, 0.1) is 5.82 Å². The molecule has 2 saturated heterocycles. The summed E-state index contributed by atoms with van der Waals surface area (Å²) in [5, 5.41) is 3.53. The van der Waals surface area contributed by atoms with Crippen molar-refractivity contribution in [1.29, 1.82) is 0 Å². The third-order valence-corrected chi connectivity index (χ3v) is 4.25. The zero-order valence-corrected chi connectivity index (χ0v) is 11.3. The fourth-order valence-corrected chi connectivity index (χ4v) is 3.22. The van der Waals surface area contributed by atoms with E-state index in [0.717, 1.165) is 31.8 Å². The largest absolute Gasteiger partial charge is 0.489 e. The Morgan fingerprint density at radius 3 is 2.84 bits per heavy atom. The van der Waals surface area contributed by atoms with Gasteiger partial charge in [-0.2, -0.15) is 0 Å². The molecule has 2 fully saturated rings. The molecule has 104 valence electrons. The molecule has 3 atom stereocenters. The molecule has 4 heteroatoms. The summed E-state index contributed by atoms with van der Waals surface area (Å²) in [6.07, 6.45) is 2.47. The molecule has 1 unspecified atom stereocenters. The van der Waals surface area contributed by atoms with Crippen LogP contribution in [0.2, 0.25) is 0 Å². The maximum atomic E-state index is 12.9. The number of piperazine rings is 1. The van der Waals surface area contributed by atoms with E-state index in [9.17, 15) is 4.39 Å². The van der Waals surface area contributed by atoms with Crippen molar-refractivity contribution in [3.63, 3.8) is 0 Å². The van der Waals surface area contributed by atoms with Crippen LogP contribution in [0.1, 0.15) is 19.8 Å². The van der Waals surface area contributed by atoms with Crippen LogP contribution in [0.25, 0.3) is 0 Å². The summed E-state index contributed by atoms with van der Waals surface area (Å²) in [7, 11) is 0. The van der Waals surface area contributed by atoms with Crippen molar-refractivity contribution in [1.82, 2.24) is 10.2 Å². The molecule has 2 aliphatic heterocycles. The second kappa shape index (κ2) is 5.47. The molecule has 0 bridgehead atoms. The molecule has 0 spiro atoms. The normalized spacial score (nSPS) is 31.8. The highest BCUT2D eigenvalue weighted by Crippen LogP contribution is 2.25. The fraction of sp³-hybridized carbons (Fsp3) is 0.600. The Morgan fingerprint density at radius 1 is 1.26 bits per heavy atom. The van der Waals surface area contributed by atoms with Gasteiger partial charge in [-0.25, -0.2) is 4.39 Å². The Balaban J connectivity index is 1.60. The van der Waals surface area contributed by atoms with Crippen molar-refractivity contribution in [2.45, 2.75) is 38.0 Å². The summed E-state index contributed by atoms with van der Waals surface area (Å²) < 4.78 is 18.8. The molecule has 0 radical (unpaired) electrons. The van der Waals surface area contributed by atoms with Gasteiger partial charge in [0.1, 0.15) is 17.7 Å². The molecule has 3 rings (SSSR count). The van der Waals surface area contributed by atoms with E-state index in [1.807, 2.05) is 0 Å². The number of halogens is 1. The first-order chi connectivity index (χ1) is 9.22. The minimum absolute atomic E-state index is 0.216. The van der Waals surface area contributed by atoms with Crippen molar-refractivity contribution in [3.05, 3.63) is 30.1 Å². The van der Waals surface area contributed by atoms with E-state index in [1.165, 1.54) is 18.6 Å². The lowest BCUT2D eigenvalue weighted by molar-refractivity contribution is 0.0204. The summed E-state index contributed by atoms with van der Waals surface area (Å²) in [6, 6.07) is 7.54. The first kappa shape index (κ1) is 12.9. The van der Waals surface area contributed by atoms with Gasteiger partial charge in [-0.1, -0.05) is 0 Å². The van der Waals surface area contributed by atoms with E-state index >= 15 is 0 Å². The van der Waals surface area contributed by atoms with Crippen molar-refractivity contribution in [3.8, 4) is 5.75 Å². The molecule has 1 aromatic rings. The van der Waals surface area contributed by atoms with Gasteiger partial charge < -0.3 is 10.1 Å². The average Bonchev–Trinajstić information content (AvgIpc) is 2.42. The number of hydrogen-bond acceptors (Lipinski definition) is 3. The number of hydrogen-bond donors (Lipinski definition) is 1. The zero-order valence-electron chi connectivity index (χ0n) is 11.3. The highest BCUT2D eigenvalue weighted by atomic mass is 19.1. The number of ether oxygens (including phenoxy) is 1. The molecular formula is C15H21FN2O. The van der Waals surface area contributed by atoms with Crippen molar-refractivity contribution in [2.75, 3.05) is 19.6 Å². The van der Waals surface area contributed by atoms with Gasteiger partial charge >= 0.3 is 0 Å². The summed E-state index contributed by atoms with van der Waals surface area (Å²) in [5.74, 6) is 0.556. The third-order valence-electron chi connectivity index (χ3n) is 4.25. The van der Waals surface area contributed by atoms with Gasteiger partial charge in [-0.3, -0.25) is 4.90 Å². The van der Waals surface area contributed by atoms with Crippen LogP contribution in [0.15, 0.2) is 24.3 Å². The van der Waals surface area contributed by atoms with Crippen LogP contribution in [0.4, 0.5) is 4.39 Å². The Hall–Kier alpha value is -1.13. The maximum Gasteiger partial charge on any atom is 0.123 e. The molecule has 1 aromatic carbocycles. The number of nitrogens with one attached hydrogen (secondary N) is 1. The van der Waals surface area contributed by atoms with Gasteiger partial charge in [-0.05, 0) is 44.0 Å².